The number of imidazole rings is 1. The molecule has 0 aliphatic rings. The van der Waals surface area contributed by atoms with Crippen LogP contribution in [0.25, 0.3) is 11.0 Å². The number of benzene rings is 2. The molecule has 0 radical (unpaired) electrons. The van der Waals surface area contributed by atoms with Crippen LogP contribution in [0.15, 0.2) is 41.5 Å². The van der Waals surface area contributed by atoms with E-state index in [1.807, 2.05) is 6.92 Å². The van der Waals surface area contributed by atoms with E-state index in [1.54, 1.807) is 18.2 Å². The van der Waals surface area contributed by atoms with Crippen LogP contribution in [-0.2, 0) is 0 Å². The summed E-state index contributed by atoms with van der Waals surface area (Å²) in [6, 6.07) is 8.49. The Balaban J connectivity index is 1.75. The second-order valence-electron chi connectivity index (χ2n) is 5.25. The number of H-pyrrole nitrogens is 1. The lowest BCUT2D eigenvalue weighted by Gasteiger charge is -2.01. The summed E-state index contributed by atoms with van der Waals surface area (Å²) in [6.45, 7) is 1.82. The van der Waals surface area contributed by atoms with Crippen LogP contribution >= 0.6 is 0 Å². The van der Waals surface area contributed by atoms with E-state index in [1.165, 1.54) is 12.1 Å². The predicted octanol–water partition coefficient (Wildman–Crippen LogP) is 2.25. The van der Waals surface area contributed by atoms with Gasteiger partial charge in [-0.25, -0.2) is 10.4 Å². The quantitative estimate of drug-likeness (QED) is 0.381. The number of nitro groups is 1. The summed E-state index contributed by atoms with van der Waals surface area (Å²) < 4.78 is 0. The van der Waals surface area contributed by atoms with Gasteiger partial charge in [-0.2, -0.15) is 5.10 Å². The van der Waals surface area contributed by atoms with Crippen LogP contribution in [0.5, 0.6) is 5.75 Å². The average Bonchev–Trinajstić information content (AvgIpc) is 2.95. The molecule has 0 saturated heterocycles. The Morgan fingerprint density at radius 1 is 1.36 bits per heavy atom. The van der Waals surface area contributed by atoms with Gasteiger partial charge in [-0.05, 0) is 31.2 Å². The number of hydrogen-bond acceptors (Lipinski definition) is 6. The fraction of sp³-hybridized carbons (Fsp3) is 0.0625. The minimum atomic E-state index is -0.586. The highest BCUT2D eigenvalue weighted by molar-refractivity contribution is 5.98. The molecule has 0 spiro atoms. The van der Waals surface area contributed by atoms with Crippen molar-refractivity contribution in [3.63, 3.8) is 0 Å². The molecule has 2 aromatic carbocycles. The number of fused-ring (bicyclic) bond motifs is 1. The molecule has 9 heteroatoms. The van der Waals surface area contributed by atoms with Crippen molar-refractivity contribution in [1.29, 1.82) is 0 Å². The number of rotatable bonds is 4. The Morgan fingerprint density at radius 3 is 2.92 bits per heavy atom. The third-order valence-corrected chi connectivity index (χ3v) is 3.45. The summed E-state index contributed by atoms with van der Waals surface area (Å²) in [7, 11) is 0. The zero-order valence-corrected chi connectivity index (χ0v) is 13.1. The van der Waals surface area contributed by atoms with Gasteiger partial charge in [0, 0.05) is 23.3 Å². The van der Waals surface area contributed by atoms with Crippen LogP contribution in [0.1, 0.15) is 21.7 Å². The number of aromatic nitrogens is 2. The molecular formula is C16H13N5O4. The summed E-state index contributed by atoms with van der Waals surface area (Å²) in [5.74, 6) is 0.0972. The lowest BCUT2D eigenvalue weighted by atomic mass is 10.2. The Labute approximate surface area is 141 Å². The number of nitrogens with zero attached hydrogens (tertiary/aromatic N) is 3. The fourth-order valence-corrected chi connectivity index (χ4v) is 2.26. The van der Waals surface area contributed by atoms with Gasteiger partial charge in [0.05, 0.1) is 22.2 Å². The van der Waals surface area contributed by atoms with Gasteiger partial charge in [0.25, 0.3) is 11.6 Å². The topological polar surface area (TPSA) is 134 Å². The third-order valence-electron chi connectivity index (χ3n) is 3.45. The number of amides is 1. The van der Waals surface area contributed by atoms with Crippen molar-refractivity contribution < 1.29 is 14.8 Å². The highest BCUT2D eigenvalue weighted by Crippen LogP contribution is 2.21. The van der Waals surface area contributed by atoms with Crippen molar-refractivity contribution >= 4 is 28.8 Å². The smallest absolute Gasteiger partial charge is 0.271 e. The van der Waals surface area contributed by atoms with Gasteiger partial charge < -0.3 is 10.1 Å². The van der Waals surface area contributed by atoms with Gasteiger partial charge >= 0.3 is 0 Å². The number of non-ortho nitro benzene ring substituents is 1. The molecule has 3 aromatic rings. The number of hydrogen-bond donors (Lipinski definition) is 3. The van der Waals surface area contributed by atoms with Crippen molar-refractivity contribution in [3.8, 4) is 5.75 Å². The van der Waals surface area contributed by atoms with Crippen molar-refractivity contribution in [2.75, 3.05) is 0 Å². The first-order chi connectivity index (χ1) is 11.9. The SMILES string of the molecule is Cc1nc2ccc(C(=O)N/N=C/c3cc([N+](=O)[O-])ccc3O)cc2[nH]1. The molecule has 0 saturated carbocycles. The predicted molar refractivity (Wildman–Crippen MR) is 90.7 cm³/mol. The molecule has 0 aliphatic carbocycles. The number of phenols is 1. The zero-order chi connectivity index (χ0) is 18.0. The largest absolute Gasteiger partial charge is 0.507 e. The number of carbonyl (C=O) groups is 1. The number of aryl methyl sites for hydroxylation is 1. The van der Waals surface area contributed by atoms with Crippen LogP contribution < -0.4 is 5.43 Å². The van der Waals surface area contributed by atoms with E-state index in [-0.39, 0.29) is 17.0 Å². The molecule has 0 aliphatic heterocycles. The minimum absolute atomic E-state index is 0.120. The molecule has 9 nitrogen and oxygen atoms in total. The van der Waals surface area contributed by atoms with E-state index >= 15 is 0 Å². The highest BCUT2D eigenvalue weighted by atomic mass is 16.6. The number of aromatic hydroxyl groups is 1. The van der Waals surface area contributed by atoms with Gasteiger partial charge in [0.2, 0.25) is 0 Å². The molecule has 0 fully saturated rings. The third kappa shape index (κ3) is 3.44. The van der Waals surface area contributed by atoms with Gasteiger partial charge in [-0.15, -0.1) is 0 Å². The number of aromatic amines is 1. The van der Waals surface area contributed by atoms with Crippen molar-refractivity contribution in [1.82, 2.24) is 15.4 Å². The molecule has 25 heavy (non-hydrogen) atoms. The van der Waals surface area contributed by atoms with E-state index in [0.717, 1.165) is 29.1 Å². The molecule has 126 valence electrons. The maximum atomic E-state index is 12.1. The monoisotopic (exact) mass is 339 g/mol. The van der Waals surface area contributed by atoms with E-state index in [2.05, 4.69) is 20.5 Å². The molecule has 0 atom stereocenters. The number of nitrogens with one attached hydrogen (secondary N) is 2. The van der Waals surface area contributed by atoms with E-state index in [9.17, 15) is 20.0 Å². The van der Waals surface area contributed by atoms with Crippen LogP contribution in [0.2, 0.25) is 0 Å². The standard InChI is InChI=1S/C16H13N5O4/c1-9-18-13-4-2-10(7-14(13)19-9)16(23)20-17-8-11-6-12(21(24)25)3-5-15(11)22/h2-8,22H,1H3,(H,18,19)(H,20,23)/b17-8+. The molecule has 1 aromatic heterocycles. The maximum Gasteiger partial charge on any atom is 0.271 e. The van der Waals surface area contributed by atoms with Crippen LogP contribution in [0, 0.1) is 17.0 Å². The molecule has 3 N–H and O–H groups in total. The number of nitro benzene ring substituents is 1. The molecule has 3 rings (SSSR count). The second kappa shape index (κ2) is 6.40. The Kier molecular flexibility index (Phi) is 4.12. The molecule has 1 heterocycles. The lowest BCUT2D eigenvalue weighted by Crippen LogP contribution is -2.17. The number of carbonyl (C=O) groups excluding carboxylic acids is 1. The highest BCUT2D eigenvalue weighted by Gasteiger charge is 2.10. The molecule has 0 bridgehead atoms. The fourth-order valence-electron chi connectivity index (χ4n) is 2.26. The van der Waals surface area contributed by atoms with Gasteiger partial charge in [-0.3, -0.25) is 14.9 Å². The Bertz CT molecular complexity index is 1010. The minimum Gasteiger partial charge on any atom is -0.507 e. The van der Waals surface area contributed by atoms with Crippen molar-refractivity contribution in [3.05, 3.63) is 63.5 Å². The summed E-state index contributed by atoms with van der Waals surface area (Å²) in [6.07, 6.45) is 1.14. The van der Waals surface area contributed by atoms with Crippen LogP contribution in [0.4, 0.5) is 5.69 Å². The van der Waals surface area contributed by atoms with E-state index < -0.39 is 10.8 Å². The number of phenolic OH excluding ortho intramolecular Hbond substituents is 1. The first-order valence-electron chi connectivity index (χ1n) is 7.21. The normalized spacial score (nSPS) is 11.1. The molecule has 1 amide bonds. The maximum absolute atomic E-state index is 12.1. The van der Waals surface area contributed by atoms with Gasteiger partial charge in [-0.1, -0.05) is 0 Å². The number of hydrazone groups is 1. The first-order valence-corrected chi connectivity index (χ1v) is 7.21. The average molecular weight is 339 g/mol. The summed E-state index contributed by atoms with van der Waals surface area (Å²) in [5, 5.41) is 24.2. The second-order valence-corrected chi connectivity index (χ2v) is 5.25. The molecular weight excluding hydrogens is 326 g/mol. The van der Waals surface area contributed by atoms with E-state index in [0.29, 0.717) is 5.56 Å². The summed E-state index contributed by atoms with van der Waals surface area (Å²) in [4.78, 5) is 29.6. The van der Waals surface area contributed by atoms with E-state index in [4.69, 9.17) is 0 Å². The Morgan fingerprint density at radius 2 is 2.16 bits per heavy atom. The van der Waals surface area contributed by atoms with Crippen LogP contribution in [-0.4, -0.2) is 32.1 Å². The molecule has 0 unspecified atom stereocenters. The lowest BCUT2D eigenvalue weighted by molar-refractivity contribution is -0.384. The summed E-state index contributed by atoms with van der Waals surface area (Å²) >= 11 is 0. The van der Waals surface area contributed by atoms with Gasteiger partial charge in [0.15, 0.2) is 0 Å². The van der Waals surface area contributed by atoms with Crippen molar-refractivity contribution in [2.45, 2.75) is 6.92 Å². The Hall–Kier alpha value is -3.75. The van der Waals surface area contributed by atoms with Crippen LogP contribution in [0.3, 0.4) is 0 Å². The zero-order valence-electron chi connectivity index (χ0n) is 13.1. The van der Waals surface area contributed by atoms with Crippen molar-refractivity contribution in [2.24, 2.45) is 5.10 Å². The first kappa shape index (κ1) is 16.1. The summed E-state index contributed by atoms with van der Waals surface area (Å²) in [5.41, 5.74) is 4.09. The van der Waals surface area contributed by atoms with Gasteiger partial charge in [0.1, 0.15) is 11.6 Å².